The number of para-hydroxylation sites is 1. The maximum atomic E-state index is 12.4. The Morgan fingerprint density at radius 1 is 1.23 bits per heavy atom. The van der Waals surface area contributed by atoms with Gasteiger partial charge in [0.15, 0.2) is 5.96 Å². The first-order valence-corrected chi connectivity index (χ1v) is 9.50. The number of hydrogen-bond donors (Lipinski definition) is 3. The standard InChI is InChI=1S/C21H24F2N4O2.HI/c1-2-24-21(25-12-14-6-5-7-16(10-14)29-20(22)23)26-13-15-11-19(28)27-18-9-4-3-8-17(15)18;/h3-10,15,20H,2,11-13H2,1H3,(H,27,28)(H2,24,25,26);1H. The summed E-state index contributed by atoms with van der Waals surface area (Å²) in [5, 5.41) is 9.33. The van der Waals surface area contributed by atoms with E-state index in [2.05, 4.69) is 25.7 Å². The van der Waals surface area contributed by atoms with E-state index in [1.54, 1.807) is 18.2 Å². The minimum absolute atomic E-state index is 0. The number of rotatable bonds is 7. The minimum Gasteiger partial charge on any atom is -0.435 e. The van der Waals surface area contributed by atoms with E-state index in [0.29, 0.717) is 32.0 Å². The third kappa shape index (κ3) is 6.82. The predicted octanol–water partition coefficient (Wildman–Crippen LogP) is 4.09. The minimum atomic E-state index is -2.86. The van der Waals surface area contributed by atoms with Gasteiger partial charge in [-0.15, -0.1) is 24.0 Å². The molecule has 1 aliphatic rings. The van der Waals surface area contributed by atoms with E-state index < -0.39 is 6.61 Å². The number of carbonyl (C=O) groups is 1. The van der Waals surface area contributed by atoms with E-state index in [4.69, 9.17) is 0 Å². The zero-order chi connectivity index (χ0) is 20.6. The van der Waals surface area contributed by atoms with Gasteiger partial charge in [-0.3, -0.25) is 4.79 Å². The van der Waals surface area contributed by atoms with Gasteiger partial charge in [0.25, 0.3) is 0 Å². The maximum absolute atomic E-state index is 12.4. The first-order valence-electron chi connectivity index (χ1n) is 9.50. The third-order valence-corrected chi connectivity index (χ3v) is 4.51. The molecule has 0 spiro atoms. The molecule has 3 rings (SSSR count). The van der Waals surface area contributed by atoms with E-state index in [1.807, 2.05) is 31.2 Å². The lowest BCUT2D eigenvalue weighted by molar-refractivity contribution is -0.116. The van der Waals surface area contributed by atoms with Gasteiger partial charge in [-0.05, 0) is 36.2 Å². The Bertz CT molecular complexity index is 880. The molecule has 0 bridgehead atoms. The monoisotopic (exact) mass is 530 g/mol. The molecule has 0 aromatic heterocycles. The summed E-state index contributed by atoms with van der Waals surface area (Å²) in [6.45, 7) is 0.616. The van der Waals surface area contributed by atoms with Crippen molar-refractivity contribution < 1.29 is 18.3 Å². The van der Waals surface area contributed by atoms with Gasteiger partial charge in [0.2, 0.25) is 5.91 Å². The molecule has 0 saturated carbocycles. The Kier molecular flexibility index (Phi) is 9.28. The molecule has 1 amide bonds. The van der Waals surface area contributed by atoms with Crippen molar-refractivity contribution in [3.63, 3.8) is 0 Å². The normalized spacial score (nSPS) is 15.7. The third-order valence-electron chi connectivity index (χ3n) is 4.51. The van der Waals surface area contributed by atoms with Crippen LogP contribution in [0.2, 0.25) is 0 Å². The average molecular weight is 530 g/mol. The Morgan fingerprint density at radius 2 is 2.03 bits per heavy atom. The number of guanidine groups is 1. The fourth-order valence-electron chi connectivity index (χ4n) is 3.24. The van der Waals surface area contributed by atoms with Crippen molar-refractivity contribution >= 4 is 41.5 Å². The van der Waals surface area contributed by atoms with Gasteiger partial charge in [0.1, 0.15) is 5.75 Å². The van der Waals surface area contributed by atoms with E-state index in [-0.39, 0.29) is 41.6 Å². The van der Waals surface area contributed by atoms with Crippen LogP contribution in [0, 0.1) is 0 Å². The number of nitrogens with zero attached hydrogens (tertiary/aromatic N) is 1. The van der Waals surface area contributed by atoms with Crippen molar-refractivity contribution in [2.75, 3.05) is 18.4 Å². The van der Waals surface area contributed by atoms with Crippen LogP contribution < -0.4 is 20.7 Å². The van der Waals surface area contributed by atoms with Crippen LogP contribution in [-0.4, -0.2) is 31.6 Å². The van der Waals surface area contributed by atoms with Gasteiger partial charge in [-0.2, -0.15) is 8.78 Å². The molecular weight excluding hydrogens is 505 g/mol. The summed E-state index contributed by atoms with van der Waals surface area (Å²) in [6.07, 6.45) is 0.399. The van der Waals surface area contributed by atoms with Crippen LogP contribution in [0.4, 0.5) is 14.5 Å². The molecule has 0 saturated heterocycles. The lowest BCUT2D eigenvalue weighted by atomic mass is 9.90. The molecule has 1 heterocycles. The van der Waals surface area contributed by atoms with Gasteiger partial charge in [-0.1, -0.05) is 30.3 Å². The van der Waals surface area contributed by atoms with Crippen molar-refractivity contribution in [1.29, 1.82) is 0 Å². The number of halogens is 3. The highest BCUT2D eigenvalue weighted by molar-refractivity contribution is 14.0. The topological polar surface area (TPSA) is 74.8 Å². The molecule has 1 aliphatic heterocycles. The summed E-state index contributed by atoms with van der Waals surface area (Å²) >= 11 is 0. The molecule has 9 heteroatoms. The molecule has 30 heavy (non-hydrogen) atoms. The van der Waals surface area contributed by atoms with Crippen LogP contribution in [-0.2, 0) is 11.3 Å². The maximum Gasteiger partial charge on any atom is 0.387 e. The number of nitrogens with one attached hydrogen (secondary N) is 3. The molecule has 2 aromatic rings. The van der Waals surface area contributed by atoms with Crippen LogP contribution in [0.25, 0.3) is 0 Å². The Morgan fingerprint density at radius 3 is 2.80 bits per heavy atom. The van der Waals surface area contributed by atoms with Crippen LogP contribution >= 0.6 is 24.0 Å². The molecule has 3 N–H and O–H groups in total. The number of amides is 1. The fourth-order valence-corrected chi connectivity index (χ4v) is 3.24. The smallest absolute Gasteiger partial charge is 0.387 e. The fraction of sp³-hybridized carbons (Fsp3) is 0.333. The Labute approximate surface area is 191 Å². The highest BCUT2D eigenvalue weighted by Gasteiger charge is 2.24. The Hall–Kier alpha value is -2.43. The summed E-state index contributed by atoms with van der Waals surface area (Å²) in [4.78, 5) is 16.5. The first kappa shape index (κ1) is 23.8. The summed E-state index contributed by atoms with van der Waals surface area (Å²) in [5.74, 6) is 0.728. The van der Waals surface area contributed by atoms with E-state index >= 15 is 0 Å². The van der Waals surface area contributed by atoms with Crippen LogP contribution in [0.5, 0.6) is 5.75 Å². The second-order valence-corrected chi connectivity index (χ2v) is 6.64. The second kappa shape index (κ2) is 11.7. The van der Waals surface area contributed by atoms with Crippen LogP contribution in [0.15, 0.2) is 53.5 Å². The quantitative estimate of drug-likeness (QED) is 0.287. The number of alkyl halides is 2. The van der Waals surface area contributed by atoms with Gasteiger partial charge >= 0.3 is 6.61 Å². The highest BCUT2D eigenvalue weighted by atomic mass is 127. The number of ether oxygens (including phenoxy) is 1. The number of benzene rings is 2. The van der Waals surface area contributed by atoms with Crippen molar-refractivity contribution in [3.8, 4) is 5.75 Å². The second-order valence-electron chi connectivity index (χ2n) is 6.64. The zero-order valence-corrected chi connectivity index (χ0v) is 18.9. The van der Waals surface area contributed by atoms with Gasteiger partial charge in [-0.25, -0.2) is 4.99 Å². The van der Waals surface area contributed by atoms with Crippen molar-refractivity contribution in [3.05, 3.63) is 59.7 Å². The van der Waals surface area contributed by atoms with Crippen molar-refractivity contribution in [1.82, 2.24) is 10.6 Å². The van der Waals surface area contributed by atoms with E-state index in [1.165, 1.54) is 6.07 Å². The highest BCUT2D eigenvalue weighted by Crippen LogP contribution is 2.31. The predicted molar refractivity (Wildman–Crippen MR) is 124 cm³/mol. The van der Waals surface area contributed by atoms with Crippen molar-refractivity contribution in [2.24, 2.45) is 4.99 Å². The molecule has 0 radical (unpaired) electrons. The number of fused-ring (bicyclic) bond motifs is 1. The van der Waals surface area contributed by atoms with Gasteiger partial charge in [0.05, 0.1) is 6.54 Å². The van der Waals surface area contributed by atoms with Crippen LogP contribution in [0.1, 0.15) is 30.4 Å². The molecule has 1 unspecified atom stereocenters. The molecular formula is C21H25F2IN4O2. The van der Waals surface area contributed by atoms with E-state index in [9.17, 15) is 13.6 Å². The van der Waals surface area contributed by atoms with Gasteiger partial charge in [0, 0.05) is 31.1 Å². The average Bonchev–Trinajstić information content (AvgIpc) is 2.69. The SMILES string of the molecule is CCNC(=NCc1cccc(OC(F)F)c1)NCC1CC(=O)Nc2ccccc21.I. The lowest BCUT2D eigenvalue weighted by Crippen LogP contribution is -2.40. The molecule has 2 aromatic carbocycles. The first-order chi connectivity index (χ1) is 14.0. The summed E-state index contributed by atoms with van der Waals surface area (Å²) in [6, 6.07) is 14.2. The molecule has 0 fully saturated rings. The number of anilines is 1. The van der Waals surface area contributed by atoms with Gasteiger partial charge < -0.3 is 20.7 Å². The number of carbonyl (C=O) groups excluding carboxylic acids is 1. The largest absolute Gasteiger partial charge is 0.435 e. The Balaban J connectivity index is 0.00000320. The lowest BCUT2D eigenvalue weighted by Gasteiger charge is -2.26. The summed E-state index contributed by atoms with van der Waals surface area (Å²) in [5.41, 5.74) is 2.68. The summed E-state index contributed by atoms with van der Waals surface area (Å²) < 4.78 is 29.2. The molecule has 1 atom stereocenters. The summed E-state index contributed by atoms with van der Waals surface area (Å²) in [7, 11) is 0. The molecule has 0 aliphatic carbocycles. The number of hydrogen-bond acceptors (Lipinski definition) is 3. The number of aliphatic imine (C=N–C) groups is 1. The molecule has 6 nitrogen and oxygen atoms in total. The van der Waals surface area contributed by atoms with Crippen LogP contribution in [0.3, 0.4) is 0 Å². The van der Waals surface area contributed by atoms with E-state index in [0.717, 1.165) is 16.8 Å². The van der Waals surface area contributed by atoms with Crippen molar-refractivity contribution in [2.45, 2.75) is 32.4 Å². The zero-order valence-electron chi connectivity index (χ0n) is 16.5. The molecule has 162 valence electrons.